The molecule has 128 valence electrons. The molecule has 0 radical (unpaired) electrons. The maximum absolute atomic E-state index is 2.47. The van der Waals surface area contributed by atoms with Gasteiger partial charge in [0.05, 0.1) is 0 Å². The van der Waals surface area contributed by atoms with Gasteiger partial charge in [0, 0.05) is 10.00 Å². The molecule has 0 saturated carbocycles. The molecule has 0 N–H and O–H groups in total. The lowest BCUT2D eigenvalue weighted by Crippen LogP contribution is -2.15. The van der Waals surface area contributed by atoms with E-state index in [9.17, 15) is 0 Å². The molecule has 0 aliphatic carbocycles. The molecule has 0 rings (SSSR count). The van der Waals surface area contributed by atoms with Crippen molar-refractivity contribution in [1.29, 1.82) is 0 Å². The van der Waals surface area contributed by atoms with Gasteiger partial charge in [-0.3, -0.25) is 0 Å². The third kappa shape index (κ3) is 14.0. The summed E-state index contributed by atoms with van der Waals surface area (Å²) in [6.07, 6.45) is 14.2. The van der Waals surface area contributed by atoms with E-state index in [4.69, 9.17) is 0 Å². The minimum atomic E-state index is 0.383. The summed E-state index contributed by atoms with van der Waals surface area (Å²) in [6, 6.07) is 0. The van der Waals surface area contributed by atoms with Crippen molar-refractivity contribution in [3.8, 4) is 0 Å². The first-order valence-corrected chi connectivity index (χ1v) is 11.5. The molecule has 1 atom stereocenters. The van der Waals surface area contributed by atoms with Crippen LogP contribution in [0.3, 0.4) is 0 Å². The van der Waals surface area contributed by atoms with Gasteiger partial charge in [-0.2, -0.15) is 0 Å². The molecule has 0 nitrogen and oxygen atoms in total. The van der Waals surface area contributed by atoms with Crippen LogP contribution in [-0.2, 0) is 0 Å². The molecule has 0 amide bonds. The zero-order valence-corrected chi connectivity index (χ0v) is 17.2. The highest BCUT2D eigenvalue weighted by Gasteiger charge is 2.20. The Labute approximate surface area is 143 Å². The average molecular weight is 333 g/mol. The Hall–Kier alpha value is 0.700. The van der Waals surface area contributed by atoms with Gasteiger partial charge in [0.25, 0.3) is 0 Å². The van der Waals surface area contributed by atoms with E-state index in [1.165, 1.54) is 64.2 Å². The SMILES string of the molecule is CCCCCCC(CCCCCC)[C@H](C)SSC(C)(C)C. The van der Waals surface area contributed by atoms with Gasteiger partial charge in [-0.05, 0) is 18.8 Å². The Morgan fingerprint density at radius 1 is 0.762 bits per heavy atom. The largest absolute Gasteiger partial charge is 0.0902 e. The molecule has 0 aromatic heterocycles. The summed E-state index contributed by atoms with van der Waals surface area (Å²) in [5.41, 5.74) is 0. The second kappa shape index (κ2) is 13.2. The van der Waals surface area contributed by atoms with E-state index in [1.54, 1.807) is 0 Å². The van der Waals surface area contributed by atoms with Crippen LogP contribution >= 0.6 is 21.6 Å². The third-order valence-corrected chi connectivity index (χ3v) is 7.95. The minimum Gasteiger partial charge on any atom is -0.0902 e. The first-order valence-electron chi connectivity index (χ1n) is 9.25. The van der Waals surface area contributed by atoms with E-state index < -0.39 is 0 Å². The maximum Gasteiger partial charge on any atom is 0.0179 e. The summed E-state index contributed by atoms with van der Waals surface area (Å²) in [5, 5.41) is 0.803. The Morgan fingerprint density at radius 2 is 1.24 bits per heavy atom. The van der Waals surface area contributed by atoms with E-state index in [0.717, 1.165) is 11.2 Å². The molecule has 0 aromatic rings. The van der Waals surface area contributed by atoms with Crippen LogP contribution in [0.15, 0.2) is 0 Å². The van der Waals surface area contributed by atoms with Crippen molar-refractivity contribution in [3.05, 3.63) is 0 Å². The molecular weight excluding hydrogens is 292 g/mol. The lowest BCUT2D eigenvalue weighted by molar-refractivity contribution is 0.404. The predicted octanol–water partition coefficient (Wildman–Crippen LogP) is 8.11. The van der Waals surface area contributed by atoms with Crippen molar-refractivity contribution in [2.45, 2.75) is 116 Å². The smallest absolute Gasteiger partial charge is 0.0179 e. The van der Waals surface area contributed by atoms with Crippen LogP contribution in [0.25, 0.3) is 0 Å². The summed E-state index contributed by atoms with van der Waals surface area (Å²) < 4.78 is 0.383. The quantitative estimate of drug-likeness (QED) is 0.247. The standard InChI is InChI=1S/C19H40S2/c1-7-9-11-13-15-18(16-14-12-10-8-2)17(3)20-21-19(4,5)6/h17-18H,7-16H2,1-6H3/t17-/m0/s1. The monoisotopic (exact) mass is 332 g/mol. The summed E-state index contributed by atoms with van der Waals surface area (Å²) in [5.74, 6) is 0.929. The lowest BCUT2D eigenvalue weighted by Gasteiger charge is -2.26. The van der Waals surface area contributed by atoms with Crippen LogP contribution in [0.1, 0.15) is 106 Å². The van der Waals surface area contributed by atoms with E-state index >= 15 is 0 Å². The van der Waals surface area contributed by atoms with E-state index in [0.29, 0.717) is 4.75 Å². The van der Waals surface area contributed by atoms with Crippen molar-refractivity contribution in [3.63, 3.8) is 0 Å². The van der Waals surface area contributed by atoms with E-state index in [2.05, 4.69) is 63.1 Å². The summed E-state index contributed by atoms with van der Waals surface area (Å²) >= 11 is 0. The zero-order valence-electron chi connectivity index (χ0n) is 15.5. The van der Waals surface area contributed by atoms with Crippen LogP contribution in [0.4, 0.5) is 0 Å². The Morgan fingerprint density at radius 3 is 1.62 bits per heavy atom. The van der Waals surface area contributed by atoms with Gasteiger partial charge in [-0.15, -0.1) is 0 Å². The molecule has 0 aliphatic heterocycles. The Balaban J connectivity index is 4.13. The summed E-state index contributed by atoms with van der Waals surface area (Å²) in [6.45, 7) is 14.1. The normalized spacial score (nSPS) is 13.9. The topological polar surface area (TPSA) is 0 Å². The second-order valence-electron chi connectivity index (χ2n) is 7.46. The molecule has 0 fully saturated rings. The lowest BCUT2D eigenvalue weighted by atomic mass is 9.92. The van der Waals surface area contributed by atoms with Crippen LogP contribution in [-0.4, -0.2) is 10.00 Å². The van der Waals surface area contributed by atoms with Gasteiger partial charge in [0.1, 0.15) is 0 Å². The Bertz CT molecular complexity index is 208. The van der Waals surface area contributed by atoms with Crippen LogP contribution < -0.4 is 0 Å². The van der Waals surface area contributed by atoms with Gasteiger partial charge in [-0.25, -0.2) is 0 Å². The summed E-state index contributed by atoms with van der Waals surface area (Å²) in [7, 11) is 4.21. The van der Waals surface area contributed by atoms with Gasteiger partial charge in [0.15, 0.2) is 0 Å². The van der Waals surface area contributed by atoms with Crippen molar-refractivity contribution in [1.82, 2.24) is 0 Å². The molecule has 0 aromatic carbocycles. The highest BCUT2D eigenvalue weighted by Crippen LogP contribution is 2.42. The molecule has 0 aliphatic rings. The molecule has 0 spiro atoms. The van der Waals surface area contributed by atoms with Gasteiger partial charge in [0.2, 0.25) is 0 Å². The highest BCUT2D eigenvalue weighted by molar-refractivity contribution is 8.77. The molecule has 0 saturated heterocycles. The molecule has 0 bridgehead atoms. The molecule has 21 heavy (non-hydrogen) atoms. The van der Waals surface area contributed by atoms with Crippen molar-refractivity contribution in [2.24, 2.45) is 5.92 Å². The number of hydrogen-bond donors (Lipinski definition) is 0. The third-order valence-electron chi connectivity index (χ3n) is 3.97. The van der Waals surface area contributed by atoms with Gasteiger partial charge < -0.3 is 0 Å². The maximum atomic E-state index is 2.47. The van der Waals surface area contributed by atoms with Crippen LogP contribution in [0, 0.1) is 5.92 Å². The fraction of sp³-hybridized carbons (Fsp3) is 1.00. The average Bonchev–Trinajstić information content (AvgIpc) is 2.42. The van der Waals surface area contributed by atoms with Crippen molar-refractivity contribution >= 4 is 21.6 Å². The minimum absolute atomic E-state index is 0.383. The fourth-order valence-electron chi connectivity index (χ4n) is 2.58. The van der Waals surface area contributed by atoms with E-state index in [-0.39, 0.29) is 0 Å². The number of unbranched alkanes of at least 4 members (excludes halogenated alkanes) is 6. The van der Waals surface area contributed by atoms with Crippen molar-refractivity contribution in [2.75, 3.05) is 0 Å². The van der Waals surface area contributed by atoms with Gasteiger partial charge >= 0.3 is 0 Å². The van der Waals surface area contributed by atoms with Crippen LogP contribution in [0.2, 0.25) is 0 Å². The number of rotatable bonds is 13. The summed E-state index contributed by atoms with van der Waals surface area (Å²) in [4.78, 5) is 0. The fourth-order valence-corrected chi connectivity index (χ4v) is 5.24. The highest BCUT2D eigenvalue weighted by atomic mass is 33.1. The first kappa shape index (κ1) is 21.7. The van der Waals surface area contributed by atoms with Gasteiger partial charge in [-0.1, -0.05) is 114 Å². The molecule has 0 heterocycles. The van der Waals surface area contributed by atoms with Crippen LogP contribution in [0.5, 0.6) is 0 Å². The molecule has 0 unspecified atom stereocenters. The number of hydrogen-bond acceptors (Lipinski definition) is 2. The zero-order chi connectivity index (χ0) is 16.1. The van der Waals surface area contributed by atoms with Crippen molar-refractivity contribution < 1.29 is 0 Å². The van der Waals surface area contributed by atoms with E-state index in [1.807, 2.05) is 0 Å². The molecule has 2 heteroatoms. The molecular formula is C19H40S2. The Kier molecular flexibility index (Phi) is 13.6. The predicted molar refractivity (Wildman–Crippen MR) is 105 cm³/mol. The second-order valence-corrected chi connectivity index (χ2v) is 10.9. The first-order chi connectivity index (χ1) is 9.90.